The van der Waals surface area contributed by atoms with Gasteiger partial charge in [0.05, 0.1) is 35.7 Å². The van der Waals surface area contributed by atoms with Crippen LogP contribution in [0.2, 0.25) is 10.3 Å². The molecule has 0 aliphatic heterocycles. The minimum Gasteiger partial charge on any atom is -0.504 e. The Morgan fingerprint density at radius 3 is 1.23 bits per heavy atom. The smallest absolute Gasteiger partial charge is 0.189 e. The first kappa shape index (κ1) is 107. The number of rotatable bonds is 29. The van der Waals surface area contributed by atoms with Gasteiger partial charge in [-0.15, -0.1) is 223 Å². The van der Waals surface area contributed by atoms with Gasteiger partial charge in [-0.1, -0.05) is 44.7 Å². The van der Waals surface area contributed by atoms with Gasteiger partial charge in [-0.25, -0.2) is 24.8 Å². The standard InChI is InChI=1S/C18H13ClN6O.C17H14ClN7O.CH4.H51P49/c1-20-11-5-6-12-13(8-11)23-18(22-12)16-17(26-3)15(24-25(16)2)10-4-7-14(19)21-9-10;1-25-14(15(26)13(24-25)9-3-5-12(18)21-7-9)17-22-10-4-2-8(16(19)20)6-11(10)23-17;;1-26-39(27(2)3)45(38(24)25)48(44(36(20)21)37(22)23)49(46(40(28(4)5)29(6)7)41(30(8)9)31(10)11)47(42(32(12)13)33(14)15)43(34(16)17)35(18)19/h4-9H,2-3H3,(H,22,23);2-7,26H,1H3,(H3,19,20)(H,22,23);1H4;26H,1-25H2. The molecule has 0 fully saturated rings. The van der Waals surface area contributed by atoms with Crippen molar-refractivity contribution < 1.29 is 9.84 Å². The average molecular weight is 2320 g/mol. The zero-order valence-electron chi connectivity index (χ0n) is 52.9. The van der Waals surface area contributed by atoms with E-state index in [1.807, 2.05) is 19.2 Å². The molecular formula is C36H82Cl2N13O2P49. The highest BCUT2D eigenvalue weighted by Gasteiger charge is 2.58. The monoisotopic (exact) mass is 2320 g/mol. The van der Waals surface area contributed by atoms with Gasteiger partial charge in [-0.05, 0) is 215 Å². The van der Waals surface area contributed by atoms with Gasteiger partial charge < -0.3 is 25.5 Å². The Kier molecular flexibility index (Phi) is 55.1. The van der Waals surface area contributed by atoms with Crippen molar-refractivity contribution in [1.82, 2.24) is 49.5 Å². The molecule has 2 aromatic carbocycles. The van der Waals surface area contributed by atoms with E-state index in [-0.39, 0.29) is 180 Å². The van der Waals surface area contributed by atoms with Gasteiger partial charge in [0.2, 0.25) is 0 Å². The lowest BCUT2D eigenvalue weighted by Crippen LogP contribution is -2.10. The molecule has 0 aliphatic rings. The van der Waals surface area contributed by atoms with Crippen molar-refractivity contribution in [2.24, 2.45) is 19.8 Å². The molecule has 0 aliphatic carbocycles. The van der Waals surface area contributed by atoms with E-state index in [1.165, 1.54) is 0 Å². The zero-order valence-corrected chi connectivity index (χ0v) is 105. The molecule has 6 N–H and O–H groups in total. The largest absolute Gasteiger partial charge is 0.504 e. The fraction of sp³-hybridized carbons (Fsp3) is 0.111. The molecule has 29 atom stereocenters. The summed E-state index contributed by atoms with van der Waals surface area (Å²) in [7, 11) is 92.9. The number of pyridine rings is 2. The Balaban J connectivity index is 0.000000295. The summed E-state index contributed by atoms with van der Waals surface area (Å²) in [6.07, 6.45) is 3.20. The average Bonchev–Trinajstić information content (AvgIpc) is 1.11. The summed E-state index contributed by atoms with van der Waals surface area (Å²) in [5.41, 5.74) is 13.2. The van der Waals surface area contributed by atoms with Crippen LogP contribution in [0.15, 0.2) is 73.1 Å². The number of amidine groups is 1. The third-order valence-electron chi connectivity index (χ3n) is 12.3. The fourth-order valence-corrected chi connectivity index (χ4v) is 700. The number of imidazole rings is 2. The number of nitrogen functional groups attached to an aromatic ring is 1. The molecule has 0 bridgehead atoms. The summed E-state index contributed by atoms with van der Waals surface area (Å²) < 4.78 is 8.87. The van der Waals surface area contributed by atoms with Crippen molar-refractivity contribution in [3.63, 3.8) is 0 Å². The summed E-state index contributed by atoms with van der Waals surface area (Å²) >= 11 is 11.7. The number of nitrogens with two attached hydrogens (primary N) is 1. The molecular weight excluding hydrogens is 2240 g/mol. The molecule has 0 saturated heterocycles. The van der Waals surface area contributed by atoms with Gasteiger partial charge in [0.1, 0.15) is 38.9 Å². The van der Waals surface area contributed by atoms with E-state index in [0.29, 0.717) is 78.3 Å². The fourth-order valence-electron chi connectivity index (χ4n) is 8.48. The van der Waals surface area contributed by atoms with Crippen LogP contribution in [0.25, 0.3) is 72.5 Å². The van der Waals surface area contributed by atoms with Crippen molar-refractivity contribution in [3.8, 4) is 57.1 Å². The van der Waals surface area contributed by atoms with Gasteiger partial charge in [0.15, 0.2) is 28.8 Å². The Hall–Kier alpha value is 14.3. The van der Waals surface area contributed by atoms with Crippen LogP contribution in [0.4, 0.5) is 5.69 Å². The Bertz CT molecular complexity index is 3910. The number of hydrogen-bond donors (Lipinski definition) is 5. The second-order valence-electron chi connectivity index (χ2n) is 19.1. The Labute approximate surface area is 697 Å². The van der Waals surface area contributed by atoms with Crippen LogP contribution in [-0.2, 0) is 14.1 Å². The number of H-pyrrole nitrogens is 2. The van der Waals surface area contributed by atoms with Crippen molar-refractivity contribution in [3.05, 3.63) is 100 Å². The molecule has 6 heterocycles. The van der Waals surface area contributed by atoms with Crippen molar-refractivity contribution in [2.45, 2.75) is 7.43 Å². The lowest BCUT2D eigenvalue weighted by atomic mass is 10.2. The first-order valence-electron chi connectivity index (χ1n) is 26.5. The van der Waals surface area contributed by atoms with Crippen LogP contribution in [0, 0.1) is 12.0 Å². The summed E-state index contributed by atoms with van der Waals surface area (Å²) in [6.45, 7) is 3.80. The second kappa shape index (κ2) is 52.6. The molecule has 562 valence electrons. The molecule has 29 unspecified atom stereocenters. The van der Waals surface area contributed by atoms with Gasteiger partial charge in [-0.3, -0.25) is 14.8 Å². The predicted molar refractivity (Wildman–Crippen MR) is 616 cm³/mol. The quantitative estimate of drug-likeness (QED) is 0.00994. The minimum absolute atomic E-state index is 0. The number of aromatic amines is 2. The molecule has 8 aromatic rings. The van der Waals surface area contributed by atoms with Crippen LogP contribution in [-0.4, -0.2) is 67.5 Å². The lowest BCUT2D eigenvalue weighted by Gasteiger charge is -2.58. The number of benzene rings is 2. The topological polar surface area (TPSA) is 202 Å². The number of hydrogen-bond acceptors (Lipinski definition) is 9. The van der Waals surface area contributed by atoms with Gasteiger partial charge in [-0.2, -0.15) is 10.2 Å². The maximum atomic E-state index is 10.7. The summed E-state index contributed by atoms with van der Waals surface area (Å²) in [6, 6.07) is 17.5. The van der Waals surface area contributed by atoms with E-state index in [9.17, 15) is 5.11 Å². The number of aromatic hydroxyl groups is 1. The van der Waals surface area contributed by atoms with E-state index < -0.39 is 0 Å². The highest BCUT2D eigenvalue weighted by atomic mass is 35.5. The molecule has 0 amide bonds. The predicted octanol–water partition coefficient (Wildman–Crippen LogP) is 36.1. The van der Waals surface area contributed by atoms with E-state index in [0.717, 1.165) is 24.6 Å². The molecule has 8 rings (SSSR count). The number of methoxy groups -OCH3 is 1. The number of ether oxygens (including phenoxy) is 1. The number of aromatic nitrogens is 10. The number of halogens is 2. The summed E-state index contributed by atoms with van der Waals surface area (Å²) in [4.78, 5) is 27.1. The molecule has 0 radical (unpaired) electrons. The first-order valence-corrected chi connectivity index (χ1v) is 116. The van der Waals surface area contributed by atoms with Crippen LogP contribution >= 0.6 is 415 Å². The second-order valence-corrected chi connectivity index (χ2v) is 219. The molecule has 0 spiro atoms. The normalized spacial score (nSPS) is 13.5. The maximum absolute atomic E-state index is 10.7. The molecule has 66 heteroatoms. The highest BCUT2D eigenvalue weighted by Crippen LogP contribution is 3.46. The maximum Gasteiger partial charge on any atom is 0.189 e. The molecule has 0 saturated carbocycles. The Morgan fingerprint density at radius 1 is 0.520 bits per heavy atom. The Morgan fingerprint density at radius 2 is 0.873 bits per heavy atom. The third-order valence-corrected chi connectivity index (χ3v) is 350. The van der Waals surface area contributed by atoms with Crippen molar-refractivity contribution in [2.75, 3.05) is 7.11 Å². The number of nitrogens with zero attached hydrogens (tertiary/aromatic N) is 9. The van der Waals surface area contributed by atoms with E-state index in [2.05, 4.69) is 268 Å². The SMILES string of the molecule is C.Cn1nc(-c2ccc(Cl)nc2)c(O)c1-c1nc2ccc(C(=N)N)cc2[nH]1.PPP(P(P)P)P(P(P)P)P(P(P(P)P)P(P)P)P(P(P(P(P)P)P(P)P)P(P(P)P)P(P)P)P(P(P(P)P)P(P)P)P(P(P)P)P(P)P.[C-]#[N+]c1ccc2nc(-c3c(OC)c(-c4ccc(Cl)nc4)nn3C)[nH]c2c1. The number of nitrogens with one attached hydrogen (secondary N) is 3. The van der Waals surface area contributed by atoms with Gasteiger partial charge in [0.25, 0.3) is 0 Å². The third kappa shape index (κ3) is 29.7. The highest BCUT2D eigenvalue weighted by molar-refractivity contribution is 9.51. The number of aryl methyl sites for hydroxylation is 2. The van der Waals surface area contributed by atoms with E-state index in [1.54, 1.807) is 84.4 Å². The van der Waals surface area contributed by atoms with Crippen LogP contribution < -0.4 is 10.5 Å². The van der Waals surface area contributed by atoms with Gasteiger partial charge >= 0.3 is 0 Å². The zero-order chi connectivity index (χ0) is 75.7. The molecule has 102 heavy (non-hydrogen) atoms. The number of fused-ring (bicyclic) bond motifs is 2. The minimum atomic E-state index is -0.184. The lowest BCUT2D eigenvalue weighted by molar-refractivity contribution is 0.417. The van der Waals surface area contributed by atoms with Crippen LogP contribution in [0.1, 0.15) is 13.0 Å². The molecule has 6 aromatic heterocycles. The van der Waals surface area contributed by atoms with Crippen molar-refractivity contribution in [1.29, 1.82) is 5.41 Å². The van der Waals surface area contributed by atoms with Crippen molar-refractivity contribution >= 4 is 449 Å². The molecule has 15 nitrogen and oxygen atoms in total. The van der Waals surface area contributed by atoms with Gasteiger partial charge in [0, 0.05) is 43.2 Å². The summed E-state index contributed by atoms with van der Waals surface area (Å²) in [5, 5.41) is 27.9. The van der Waals surface area contributed by atoms with E-state index in [4.69, 9.17) is 45.7 Å². The van der Waals surface area contributed by atoms with Crippen LogP contribution in [0.5, 0.6) is 11.5 Å². The summed E-state index contributed by atoms with van der Waals surface area (Å²) in [5.74, 6) is 1.62. The van der Waals surface area contributed by atoms with E-state index >= 15 is 0 Å². The van der Waals surface area contributed by atoms with Crippen LogP contribution in [0.3, 0.4) is 0 Å². The first-order chi connectivity index (χ1) is 47.3.